The van der Waals surface area contributed by atoms with Crippen molar-refractivity contribution in [3.63, 3.8) is 0 Å². The summed E-state index contributed by atoms with van der Waals surface area (Å²) in [6.45, 7) is 1.34. The average molecular weight is 336 g/mol. The molecule has 4 rings (SSSR count). The normalized spacial score (nSPS) is 11.4. The third-order valence-corrected chi connectivity index (χ3v) is 4.15. The minimum absolute atomic E-state index is 0.0723. The van der Waals surface area contributed by atoms with Gasteiger partial charge in [-0.2, -0.15) is 0 Å². The van der Waals surface area contributed by atoms with Gasteiger partial charge in [0.05, 0.1) is 6.33 Å². The van der Waals surface area contributed by atoms with Crippen molar-refractivity contribution in [3.05, 3.63) is 57.5 Å². The van der Waals surface area contributed by atoms with Crippen molar-refractivity contribution >= 4 is 22.1 Å². The quantitative estimate of drug-likeness (QED) is 0.512. The maximum Gasteiger partial charge on any atom is 0.276 e. The first-order valence-corrected chi connectivity index (χ1v) is 7.95. The molecule has 1 aromatic carbocycles. The second-order valence-corrected chi connectivity index (χ2v) is 5.74. The fourth-order valence-electron chi connectivity index (χ4n) is 2.98. The first-order chi connectivity index (χ1) is 12.2. The monoisotopic (exact) mass is 336 g/mol. The largest absolute Gasteiger partial charge is 0.347 e. The number of aromatic amines is 2. The van der Waals surface area contributed by atoms with Crippen LogP contribution in [0.5, 0.6) is 0 Å². The van der Waals surface area contributed by atoms with Crippen LogP contribution in [0.25, 0.3) is 33.3 Å². The van der Waals surface area contributed by atoms with Gasteiger partial charge in [-0.25, -0.2) is 9.97 Å². The Kier molecular flexibility index (Phi) is 3.66. The number of fused-ring (bicyclic) bond motifs is 2. The minimum atomic E-state index is -0.425. The summed E-state index contributed by atoms with van der Waals surface area (Å²) in [6.07, 6.45) is 4.00. The molecule has 0 aliphatic rings. The Morgan fingerprint density at radius 1 is 1.16 bits per heavy atom. The molecular weight excluding hydrogens is 320 g/mol. The Morgan fingerprint density at radius 2 is 2.00 bits per heavy atom. The summed E-state index contributed by atoms with van der Waals surface area (Å²) in [4.78, 5) is 37.7. The highest BCUT2D eigenvalue weighted by atomic mass is 16.1. The van der Waals surface area contributed by atoms with E-state index in [1.54, 1.807) is 0 Å². The molecule has 0 aliphatic heterocycles. The van der Waals surface area contributed by atoms with Gasteiger partial charge in [-0.15, -0.1) is 0 Å². The summed E-state index contributed by atoms with van der Waals surface area (Å²) in [5.74, 6) is 0. The van der Waals surface area contributed by atoms with Gasteiger partial charge in [-0.3, -0.25) is 9.59 Å². The second-order valence-electron chi connectivity index (χ2n) is 5.74. The number of benzene rings is 1. The molecule has 8 nitrogen and oxygen atoms in total. The third-order valence-electron chi connectivity index (χ3n) is 4.15. The molecule has 4 N–H and O–H groups in total. The second kappa shape index (κ2) is 5.99. The molecule has 0 aliphatic carbocycles. The number of hydrogen-bond acceptors (Lipinski definition) is 5. The lowest BCUT2D eigenvalue weighted by Gasteiger charge is -2.02. The van der Waals surface area contributed by atoms with Crippen molar-refractivity contribution in [3.8, 4) is 11.3 Å². The predicted molar refractivity (Wildman–Crippen MR) is 95.4 cm³/mol. The first-order valence-electron chi connectivity index (χ1n) is 7.95. The highest BCUT2D eigenvalue weighted by molar-refractivity contribution is 5.95. The maximum atomic E-state index is 12.5. The van der Waals surface area contributed by atoms with E-state index in [1.807, 2.05) is 30.5 Å². The van der Waals surface area contributed by atoms with E-state index in [2.05, 4.69) is 24.5 Å². The molecule has 0 fully saturated rings. The molecule has 8 heteroatoms. The molecule has 0 bridgehead atoms. The fraction of sp³-hybridized carbons (Fsp3) is 0.176. The lowest BCUT2D eigenvalue weighted by atomic mass is 10.1. The van der Waals surface area contributed by atoms with Crippen LogP contribution in [0.15, 0.2) is 46.4 Å². The van der Waals surface area contributed by atoms with Gasteiger partial charge < -0.3 is 20.3 Å². The molecule has 3 aromatic heterocycles. The standard InChI is InChI=1S/C17H16N6O2/c18-6-3-7-23-8-11(10-4-1-2-5-12(10)23)13-17(25)22-14-15(21-13)19-9-20-16(14)24/h1-2,4-5,8-9H,3,6-7,18H2,(H,22,25)(H,19,20,21,24). The molecule has 0 unspecified atom stereocenters. The van der Waals surface area contributed by atoms with E-state index < -0.39 is 11.1 Å². The van der Waals surface area contributed by atoms with E-state index in [1.165, 1.54) is 6.33 Å². The van der Waals surface area contributed by atoms with E-state index in [9.17, 15) is 9.59 Å². The zero-order chi connectivity index (χ0) is 17.4. The van der Waals surface area contributed by atoms with Crippen LogP contribution in [0.1, 0.15) is 6.42 Å². The zero-order valence-corrected chi connectivity index (χ0v) is 13.3. The molecule has 0 spiro atoms. The maximum absolute atomic E-state index is 12.5. The number of aromatic nitrogens is 5. The van der Waals surface area contributed by atoms with Gasteiger partial charge in [-0.1, -0.05) is 18.2 Å². The topological polar surface area (TPSA) is 122 Å². The number of nitrogens with two attached hydrogens (primary N) is 1. The molecule has 3 heterocycles. The van der Waals surface area contributed by atoms with Crippen molar-refractivity contribution in [2.24, 2.45) is 5.73 Å². The van der Waals surface area contributed by atoms with Crippen LogP contribution >= 0.6 is 0 Å². The summed E-state index contributed by atoms with van der Waals surface area (Å²) in [5.41, 5.74) is 7.00. The average Bonchev–Trinajstić information content (AvgIpc) is 2.99. The molecule has 0 atom stereocenters. The number of nitrogens with one attached hydrogen (secondary N) is 2. The summed E-state index contributed by atoms with van der Waals surface area (Å²) < 4.78 is 2.06. The minimum Gasteiger partial charge on any atom is -0.347 e. The van der Waals surface area contributed by atoms with Crippen LogP contribution in [0.2, 0.25) is 0 Å². The van der Waals surface area contributed by atoms with E-state index in [0.717, 1.165) is 23.9 Å². The van der Waals surface area contributed by atoms with Crippen LogP contribution in [0.4, 0.5) is 0 Å². The molecule has 0 saturated carbocycles. The predicted octanol–water partition coefficient (Wildman–Crippen LogP) is 0.977. The molecule has 0 saturated heterocycles. The lowest BCUT2D eigenvalue weighted by Crippen LogP contribution is -2.18. The van der Waals surface area contributed by atoms with E-state index in [0.29, 0.717) is 12.1 Å². The Labute approximate surface area is 141 Å². The van der Waals surface area contributed by atoms with E-state index in [4.69, 9.17) is 5.73 Å². The van der Waals surface area contributed by atoms with Crippen LogP contribution < -0.4 is 16.9 Å². The highest BCUT2D eigenvalue weighted by Gasteiger charge is 2.16. The fourth-order valence-corrected chi connectivity index (χ4v) is 2.98. The Morgan fingerprint density at radius 3 is 2.84 bits per heavy atom. The van der Waals surface area contributed by atoms with Crippen molar-refractivity contribution in [2.75, 3.05) is 6.54 Å². The number of rotatable bonds is 4. The first kappa shape index (κ1) is 15.3. The summed E-state index contributed by atoms with van der Waals surface area (Å²) >= 11 is 0. The Hall–Kier alpha value is -3.26. The molecule has 0 amide bonds. The zero-order valence-electron chi connectivity index (χ0n) is 13.3. The third kappa shape index (κ3) is 2.52. The number of para-hydroxylation sites is 1. The van der Waals surface area contributed by atoms with E-state index >= 15 is 0 Å². The number of H-pyrrole nitrogens is 2. The number of hydrogen-bond donors (Lipinski definition) is 3. The molecular formula is C17H16N6O2. The van der Waals surface area contributed by atoms with Crippen LogP contribution in [0, 0.1) is 0 Å². The van der Waals surface area contributed by atoms with Crippen molar-refractivity contribution in [1.82, 2.24) is 24.5 Å². The van der Waals surface area contributed by atoms with Gasteiger partial charge in [0, 0.05) is 29.2 Å². The van der Waals surface area contributed by atoms with Gasteiger partial charge >= 0.3 is 0 Å². The van der Waals surface area contributed by atoms with Crippen LogP contribution in [-0.2, 0) is 6.54 Å². The SMILES string of the molecule is NCCCn1cc(-c2nc3nc[nH]c(=O)c3[nH]c2=O)c2ccccc21. The van der Waals surface area contributed by atoms with Gasteiger partial charge in [0.15, 0.2) is 11.2 Å². The molecule has 126 valence electrons. The van der Waals surface area contributed by atoms with Crippen molar-refractivity contribution < 1.29 is 0 Å². The summed E-state index contributed by atoms with van der Waals surface area (Å²) in [5, 5.41) is 0.918. The highest BCUT2D eigenvalue weighted by Crippen LogP contribution is 2.28. The van der Waals surface area contributed by atoms with Gasteiger partial charge in [0.2, 0.25) is 0 Å². The number of nitrogens with zero attached hydrogens (tertiary/aromatic N) is 3. The molecule has 0 radical (unpaired) electrons. The smallest absolute Gasteiger partial charge is 0.276 e. The van der Waals surface area contributed by atoms with E-state index in [-0.39, 0.29) is 16.9 Å². The van der Waals surface area contributed by atoms with Gasteiger partial charge in [0.25, 0.3) is 11.1 Å². The molecule has 25 heavy (non-hydrogen) atoms. The van der Waals surface area contributed by atoms with Gasteiger partial charge in [-0.05, 0) is 19.0 Å². The van der Waals surface area contributed by atoms with Crippen molar-refractivity contribution in [2.45, 2.75) is 13.0 Å². The van der Waals surface area contributed by atoms with Crippen LogP contribution in [0.3, 0.4) is 0 Å². The lowest BCUT2D eigenvalue weighted by molar-refractivity contribution is 0.671. The number of aryl methyl sites for hydroxylation is 1. The summed E-state index contributed by atoms with van der Waals surface area (Å²) in [6, 6.07) is 7.80. The Bertz CT molecular complexity index is 1190. The summed E-state index contributed by atoms with van der Waals surface area (Å²) in [7, 11) is 0. The van der Waals surface area contributed by atoms with Gasteiger partial charge in [0.1, 0.15) is 5.69 Å². The Balaban J connectivity index is 1.99. The van der Waals surface area contributed by atoms with Crippen LogP contribution in [-0.4, -0.2) is 31.0 Å². The molecule has 4 aromatic rings. The van der Waals surface area contributed by atoms with Crippen molar-refractivity contribution in [1.29, 1.82) is 0 Å².